The number of rotatable bonds is 11. The fourth-order valence-corrected chi connectivity index (χ4v) is 7.96. The first-order valence-corrected chi connectivity index (χ1v) is 18.3. The van der Waals surface area contributed by atoms with Gasteiger partial charge in [0, 0.05) is 55.9 Å². The lowest BCUT2D eigenvalue weighted by Crippen LogP contribution is -2.51. The Morgan fingerprint density at radius 2 is 1.84 bits per heavy atom. The van der Waals surface area contributed by atoms with Crippen molar-refractivity contribution in [2.24, 2.45) is 5.73 Å². The van der Waals surface area contributed by atoms with Crippen molar-refractivity contribution in [1.29, 1.82) is 0 Å². The normalized spacial score (nSPS) is 23.2. The summed E-state index contributed by atoms with van der Waals surface area (Å²) in [5.41, 5.74) is 8.83. The fourth-order valence-electron chi connectivity index (χ4n) is 6.48. The van der Waals surface area contributed by atoms with E-state index in [0.717, 1.165) is 41.3 Å². The summed E-state index contributed by atoms with van der Waals surface area (Å²) in [4.78, 5) is 17.9. The van der Waals surface area contributed by atoms with E-state index < -0.39 is 27.4 Å². The number of pyridine rings is 1. The minimum atomic E-state index is -3.54. The molecule has 3 aromatic heterocycles. The summed E-state index contributed by atoms with van der Waals surface area (Å²) >= 11 is 0. The number of nitrogens with two attached hydrogens (primary N) is 1. The van der Waals surface area contributed by atoms with E-state index in [2.05, 4.69) is 32.7 Å². The van der Waals surface area contributed by atoms with E-state index in [-0.39, 0.29) is 24.5 Å². The molecule has 3 aliphatic heterocycles. The van der Waals surface area contributed by atoms with E-state index in [1.807, 2.05) is 18.2 Å². The van der Waals surface area contributed by atoms with Crippen LogP contribution in [0.3, 0.4) is 0 Å². The summed E-state index contributed by atoms with van der Waals surface area (Å²) in [7, 11) is -1.42. The Kier molecular flexibility index (Phi) is 9.39. The van der Waals surface area contributed by atoms with Gasteiger partial charge in [0.15, 0.2) is 11.5 Å². The van der Waals surface area contributed by atoms with Crippen molar-refractivity contribution in [3.8, 4) is 17.1 Å². The maximum Gasteiger partial charge on any atom is 0.256 e. The van der Waals surface area contributed by atoms with Gasteiger partial charge in [0.25, 0.3) is 16.4 Å². The van der Waals surface area contributed by atoms with Crippen molar-refractivity contribution in [3.05, 3.63) is 72.3 Å². The van der Waals surface area contributed by atoms with Crippen LogP contribution in [0.5, 0.6) is 5.75 Å². The quantitative estimate of drug-likeness (QED) is 0.270. The molecule has 1 saturated carbocycles. The van der Waals surface area contributed by atoms with Crippen molar-refractivity contribution < 1.29 is 21.9 Å². The van der Waals surface area contributed by atoms with E-state index in [0.29, 0.717) is 61.5 Å². The molecule has 0 aromatic carbocycles. The molecule has 16 heteroatoms. The minimum absolute atomic E-state index is 0.0261. The predicted molar refractivity (Wildman–Crippen MR) is 180 cm³/mol. The van der Waals surface area contributed by atoms with Crippen LogP contribution in [0.1, 0.15) is 49.9 Å². The van der Waals surface area contributed by atoms with Crippen LogP contribution in [-0.4, -0.2) is 106 Å². The largest absolute Gasteiger partial charge is 0.489 e. The maximum atomic E-state index is 13.0. The minimum Gasteiger partial charge on any atom is -0.489 e. The number of likely N-dealkylation sites (tertiary alicyclic amines) is 2. The van der Waals surface area contributed by atoms with E-state index in [4.69, 9.17) is 20.4 Å². The number of hydrogen-bond donors (Lipinski definition) is 3. The summed E-state index contributed by atoms with van der Waals surface area (Å²) in [5, 5.41) is 10.6. The molecular weight excluding hydrogens is 654 g/mol. The van der Waals surface area contributed by atoms with Gasteiger partial charge in [0.1, 0.15) is 11.9 Å². The molecule has 4 aliphatic rings. The van der Waals surface area contributed by atoms with Gasteiger partial charge >= 0.3 is 0 Å². The molecule has 6 heterocycles. The number of alkyl halides is 2. The number of aromatic nitrogens is 5. The predicted octanol–water partition coefficient (Wildman–Crippen LogP) is 2.51. The molecule has 2 saturated heterocycles. The van der Waals surface area contributed by atoms with Gasteiger partial charge in [-0.3, -0.25) is 9.88 Å². The first-order valence-electron chi connectivity index (χ1n) is 16.8. The van der Waals surface area contributed by atoms with Gasteiger partial charge in [-0.15, -0.1) is 0 Å². The van der Waals surface area contributed by atoms with E-state index in [1.54, 1.807) is 29.6 Å². The van der Waals surface area contributed by atoms with Crippen LogP contribution in [0.25, 0.3) is 17.0 Å². The van der Waals surface area contributed by atoms with Crippen LogP contribution in [-0.2, 0) is 15.7 Å². The third-order valence-corrected chi connectivity index (χ3v) is 11.6. The van der Waals surface area contributed by atoms with Crippen molar-refractivity contribution in [2.75, 3.05) is 39.8 Å². The Morgan fingerprint density at radius 1 is 1.06 bits per heavy atom. The number of halogens is 2. The topological polar surface area (TPSA) is 156 Å². The number of nitrogens with one attached hydrogen (secondary N) is 2. The van der Waals surface area contributed by atoms with Crippen molar-refractivity contribution >= 4 is 15.6 Å². The number of dihydropyridines is 1. The second-order valence-corrected chi connectivity index (χ2v) is 15.4. The molecule has 0 bridgehead atoms. The molecular formula is C33H42F2N10O3S. The molecule has 7 rings (SSSR count). The Balaban J connectivity index is 1.13. The molecule has 3 aromatic rings. The third-order valence-electron chi connectivity index (χ3n) is 9.55. The number of piperidine rings is 2. The lowest BCUT2D eigenvalue weighted by atomic mass is 9.95. The van der Waals surface area contributed by atoms with Crippen molar-refractivity contribution in [1.82, 2.24) is 44.6 Å². The molecule has 1 aliphatic carbocycles. The molecule has 3 fully saturated rings. The second-order valence-electron chi connectivity index (χ2n) is 13.4. The second kappa shape index (κ2) is 13.7. The van der Waals surface area contributed by atoms with Crippen molar-refractivity contribution in [3.63, 3.8) is 0 Å². The number of ether oxygens (including phenoxy) is 1. The maximum absolute atomic E-state index is 13.0. The average Bonchev–Trinajstić information content (AvgIpc) is 3.84. The van der Waals surface area contributed by atoms with Crippen LogP contribution < -0.4 is 21.1 Å². The van der Waals surface area contributed by atoms with Gasteiger partial charge in [-0.1, -0.05) is 0 Å². The monoisotopic (exact) mass is 696 g/mol. The smallest absolute Gasteiger partial charge is 0.256 e. The number of nitrogens with zero attached hydrogens (tertiary/aromatic N) is 7. The lowest BCUT2D eigenvalue weighted by molar-refractivity contribution is 0.0739. The van der Waals surface area contributed by atoms with Gasteiger partial charge in [0.05, 0.1) is 47.3 Å². The Morgan fingerprint density at radius 3 is 2.53 bits per heavy atom. The Bertz CT molecular complexity index is 1800. The molecule has 13 nitrogen and oxygen atoms in total. The van der Waals surface area contributed by atoms with Crippen LogP contribution >= 0.6 is 0 Å². The lowest BCUT2D eigenvalue weighted by Gasteiger charge is -2.36. The average molecular weight is 697 g/mol. The van der Waals surface area contributed by atoms with Crippen LogP contribution in [0.2, 0.25) is 0 Å². The fraction of sp³-hybridized carbons (Fsp3) is 0.515. The summed E-state index contributed by atoms with van der Waals surface area (Å²) < 4.78 is 58.6. The summed E-state index contributed by atoms with van der Waals surface area (Å²) in [6.07, 6.45) is 12.2. The summed E-state index contributed by atoms with van der Waals surface area (Å²) in [6, 6.07) is 5.56. The first kappa shape index (κ1) is 33.5. The zero-order chi connectivity index (χ0) is 34.2. The number of allylic oxidation sites excluding steroid dienone is 1. The molecule has 0 radical (unpaired) electrons. The highest BCUT2D eigenvalue weighted by atomic mass is 32.2. The molecule has 262 valence electrons. The molecule has 1 atom stereocenters. The van der Waals surface area contributed by atoms with E-state index in [9.17, 15) is 17.2 Å². The zero-order valence-electron chi connectivity index (χ0n) is 27.4. The van der Waals surface area contributed by atoms with Gasteiger partial charge in [-0.25, -0.2) is 27.2 Å². The molecule has 1 unspecified atom stereocenters. The molecule has 49 heavy (non-hydrogen) atoms. The highest BCUT2D eigenvalue weighted by molar-refractivity contribution is 7.90. The molecule has 0 spiro atoms. The molecule has 0 amide bonds. The molecule has 4 N–H and O–H groups in total. The number of hydrogen-bond acceptors (Lipinski definition) is 12. The van der Waals surface area contributed by atoms with Gasteiger partial charge < -0.3 is 26.0 Å². The van der Waals surface area contributed by atoms with Gasteiger partial charge in [-0.05, 0) is 69.8 Å². The summed E-state index contributed by atoms with van der Waals surface area (Å²) in [5.74, 6) is 0.995. The van der Waals surface area contributed by atoms with Crippen LogP contribution in [0, 0.1) is 0 Å². The van der Waals surface area contributed by atoms with Crippen LogP contribution in [0.4, 0.5) is 8.78 Å². The highest BCUT2D eigenvalue weighted by Gasteiger charge is 2.38. The standard InChI is InChI=1S/C33H42F2N10O3S/c1-43-12-9-24(10-13-43)48-25-2-5-28(38-18-25)27-19-39-33(36,16-29(27)41-23-7-14-44(15-8-23)21-31(34)35)30-6-11-37-32(42-30)22-17-40-45(20-22)49(46,47)26-3-4-26/h2,5-6,11,16-20,23-24,26,31,39,41H,3-4,7-10,12-15,21,36H2,1H3. The Labute approximate surface area is 284 Å². The first-order chi connectivity index (χ1) is 23.6. The Hall–Kier alpha value is -3.99. The third kappa shape index (κ3) is 7.61. The van der Waals surface area contributed by atoms with Crippen LogP contribution in [0.15, 0.2) is 61.0 Å². The van der Waals surface area contributed by atoms with E-state index in [1.165, 1.54) is 12.4 Å². The van der Waals surface area contributed by atoms with E-state index >= 15 is 0 Å². The van der Waals surface area contributed by atoms with Gasteiger partial charge in [-0.2, -0.15) is 9.19 Å². The zero-order valence-corrected chi connectivity index (χ0v) is 28.2. The summed E-state index contributed by atoms with van der Waals surface area (Å²) in [6.45, 7) is 2.88. The van der Waals surface area contributed by atoms with Crippen molar-refractivity contribution in [2.45, 2.75) is 68.0 Å². The van der Waals surface area contributed by atoms with Gasteiger partial charge in [0.2, 0.25) is 0 Å². The highest BCUT2D eigenvalue weighted by Crippen LogP contribution is 2.33. The SMILES string of the molecule is CN1CCC(Oc2ccc(C3=CNC(N)(c4ccnc(-c5cnn(S(=O)(=O)C6CC6)c5)n4)C=C3NC3CCN(CC(F)F)CC3)nc2)CC1.